The fraction of sp³-hybridized carbons (Fsp3) is 0.533. The second kappa shape index (κ2) is 9.20. The van der Waals surface area contributed by atoms with Crippen molar-refractivity contribution in [3.8, 4) is 11.5 Å². The highest BCUT2D eigenvalue weighted by molar-refractivity contribution is 5.75. The molecule has 0 heterocycles. The lowest BCUT2D eigenvalue weighted by Gasteiger charge is -2.10. The Labute approximate surface area is 120 Å². The minimum atomic E-state index is 0.0895. The molecule has 0 fully saturated rings. The average Bonchev–Trinajstić information content (AvgIpc) is 2.49. The number of carbonyl (C=O) groups excluding carboxylic acids is 1. The van der Waals surface area contributed by atoms with Crippen molar-refractivity contribution in [3.63, 3.8) is 0 Å². The van der Waals surface area contributed by atoms with Gasteiger partial charge < -0.3 is 20.1 Å². The van der Waals surface area contributed by atoms with Crippen LogP contribution >= 0.6 is 0 Å². The molecule has 0 radical (unpaired) electrons. The summed E-state index contributed by atoms with van der Waals surface area (Å²) in [6, 6.07) is 5.79. The van der Waals surface area contributed by atoms with Gasteiger partial charge in [-0.2, -0.15) is 0 Å². The van der Waals surface area contributed by atoms with Crippen LogP contribution in [0.15, 0.2) is 18.2 Å². The Kier molecular flexibility index (Phi) is 7.50. The van der Waals surface area contributed by atoms with Crippen LogP contribution in [0.25, 0.3) is 0 Å². The molecule has 0 aliphatic heterocycles. The maximum absolute atomic E-state index is 11.4. The number of benzene rings is 1. The average molecular weight is 280 g/mol. The van der Waals surface area contributed by atoms with Gasteiger partial charge in [0.1, 0.15) is 0 Å². The highest BCUT2D eigenvalue weighted by Crippen LogP contribution is 2.27. The smallest absolute Gasteiger partial charge is 0.221 e. The molecule has 20 heavy (non-hydrogen) atoms. The summed E-state index contributed by atoms with van der Waals surface area (Å²) in [4.78, 5) is 11.4. The maximum Gasteiger partial charge on any atom is 0.221 e. The van der Waals surface area contributed by atoms with E-state index in [4.69, 9.17) is 9.47 Å². The SMILES string of the molecule is CCCNC(=O)CCNCc1ccc(OC)c(OC)c1. The van der Waals surface area contributed by atoms with E-state index < -0.39 is 0 Å². The van der Waals surface area contributed by atoms with Crippen LogP contribution in [-0.4, -0.2) is 33.2 Å². The lowest BCUT2D eigenvalue weighted by molar-refractivity contribution is -0.120. The molecule has 112 valence electrons. The Morgan fingerprint density at radius 2 is 1.90 bits per heavy atom. The number of rotatable bonds is 9. The first kappa shape index (κ1) is 16.3. The van der Waals surface area contributed by atoms with Crippen molar-refractivity contribution in [2.45, 2.75) is 26.3 Å². The van der Waals surface area contributed by atoms with E-state index in [9.17, 15) is 4.79 Å². The number of carbonyl (C=O) groups is 1. The van der Waals surface area contributed by atoms with Crippen LogP contribution in [-0.2, 0) is 11.3 Å². The predicted octanol–water partition coefficient (Wildman–Crippen LogP) is 1.71. The van der Waals surface area contributed by atoms with Crippen LogP contribution in [0, 0.1) is 0 Å². The minimum Gasteiger partial charge on any atom is -0.493 e. The molecule has 0 aliphatic carbocycles. The van der Waals surface area contributed by atoms with Crippen molar-refractivity contribution in [1.82, 2.24) is 10.6 Å². The molecule has 0 spiro atoms. The summed E-state index contributed by atoms with van der Waals surface area (Å²) in [5.41, 5.74) is 1.09. The molecule has 5 heteroatoms. The molecular formula is C15H24N2O3. The molecule has 0 saturated heterocycles. The van der Waals surface area contributed by atoms with Crippen molar-refractivity contribution in [2.24, 2.45) is 0 Å². The Balaban J connectivity index is 2.33. The second-order valence-corrected chi connectivity index (χ2v) is 4.47. The van der Waals surface area contributed by atoms with Gasteiger partial charge in [-0.25, -0.2) is 0 Å². The quantitative estimate of drug-likeness (QED) is 0.676. The fourth-order valence-corrected chi connectivity index (χ4v) is 1.78. The van der Waals surface area contributed by atoms with E-state index in [1.165, 1.54) is 0 Å². The lowest BCUT2D eigenvalue weighted by atomic mass is 10.2. The third-order valence-corrected chi connectivity index (χ3v) is 2.88. The molecule has 2 N–H and O–H groups in total. The van der Waals surface area contributed by atoms with E-state index in [1.54, 1.807) is 14.2 Å². The van der Waals surface area contributed by atoms with Crippen LogP contribution in [0.1, 0.15) is 25.3 Å². The maximum atomic E-state index is 11.4. The molecule has 0 aromatic heterocycles. The van der Waals surface area contributed by atoms with Crippen molar-refractivity contribution >= 4 is 5.91 Å². The Morgan fingerprint density at radius 3 is 2.55 bits per heavy atom. The van der Waals surface area contributed by atoms with E-state index in [2.05, 4.69) is 10.6 Å². The number of ether oxygens (including phenoxy) is 2. The van der Waals surface area contributed by atoms with Crippen molar-refractivity contribution in [3.05, 3.63) is 23.8 Å². The van der Waals surface area contributed by atoms with Crippen LogP contribution < -0.4 is 20.1 Å². The molecule has 0 unspecified atom stereocenters. The third kappa shape index (κ3) is 5.48. The molecule has 5 nitrogen and oxygen atoms in total. The molecule has 1 aromatic carbocycles. The number of nitrogens with one attached hydrogen (secondary N) is 2. The molecular weight excluding hydrogens is 256 g/mol. The zero-order valence-corrected chi connectivity index (χ0v) is 12.5. The summed E-state index contributed by atoms with van der Waals surface area (Å²) in [6.45, 7) is 4.13. The van der Waals surface area contributed by atoms with Gasteiger partial charge in [0.15, 0.2) is 11.5 Å². The van der Waals surface area contributed by atoms with Gasteiger partial charge in [0.2, 0.25) is 5.91 Å². The number of methoxy groups -OCH3 is 2. The van der Waals surface area contributed by atoms with Crippen molar-refractivity contribution in [1.29, 1.82) is 0 Å². The van der Waals surface area contributed by atoms with Gasteiger partial charge in [-0.1, -0.05) is 13.0 Å². The fourth-order valence-electron chi connectivity index (χ4n) is 1.78. The van der Waals surface area contributed by atoms with Gasteiger partial charge in [-0.3, -0.25) is 4.79 Å². The van der Waals surface area contributed by atoms with Gasteiger partial charge in [0.25, 0.3) is 0 Å². The summed E-state index contributed by atoms with van der Waals surface area (Å²) < 4.78 is 10.4. The van der Waals surface area contributed by atoms with E-state index in [0.717, 1.165) is 24.3 Å². The summed E-state index contributed by atoms with van der Waals surface area (Å²) in [5.74, 6) is 1.52. The van der Waals surface area contributed by atoms with E-state index in [-0.39, 0.29) is 5.91 Å². The van der Waals surface area contributed by atoms with Gasteiger partial charge in [-0.05, 0) is 24.1 Å². The standard InChI is InChI=1S/C15H24N2O3/c1-4-8-17-15(18)7-9-16-11-12-5-6-13(19-2)14(10-12)20-3/h5-6,10,16H,4,7-9,11H2,1-3H3,(H,17,18). The highest BCUT2D eigenvalue weighted by atomic mass is 16.5. The van der Waals surface area contributed by atoms with Crippen LogP contribution in [0.3, 0.4) is 0 Å². The highest BCUT2D eigenvalue weighted by Gasteiger charge is 2.04. The molecule has 1 amide bonds. The van der Waals surface area contributed by atoms with Gasteiger partial charge in [-0.15, -0.1) is 0 Å². The zero-order chi connectivity index (χ0) is 14.8. The molecule has 0 bridgehead atoms. The normalized spacial score (nSPS) is 10.2. The van der Waals surface area contributed by atoms with Crippen LogP contribution in [0.4, 0.5) is 0 Å². The minimum absolute atomic E-state index is 0.0895. The molecule has 0 saturated carbocycles. The first-order valence-corrected chi connectivity index (χ1v) is 6.89. The lowest BCUT2D eigenvalue weighted by Crippen LogP contribution is -2.28. The second-order valence-electron chi connectivity index (χ2n) is 4.47. The summed E-state index contributed by atoms with van der Waals surface area (Å²) in [7, 11) is 3.23. The summed E-state index contributed by atoms with van der Waals surface area (Å²) >= 11 is 0. The Hall–Kier alpha value is -1.75. The molecule has 0 atom stereocenters. The van der Waals surface area contributed by atoms with Gasteiger partial charge in [0, 0.05) is 26.1 Å². The predicted molar refractivity (Wildman–Crippen MR) is 79.2 cm³/mol. The first-order valence-electron chi connectivity index (χ1n) is 6.89. The summed E-state index contributed by atoms with van der Waals surface area (Å²) in [5, 5.41) is 6.09. The monoisotopic (exact) mass is 280 g/mol. The molecule has 0 aliphatic rings. The largest absolute Gasteiger partial charge is 0.493 e. The Bertz CT molecular complexity index is 422. The number of hydrogen-bond donors (Lipinski definition) is 2. The van der Waals surface area contributed by atoms with Crippen molar-refractivity contribution < 1.29 is 14.3 Å². The third-order valence-electron chi connectivity index (χ3n) is 2.88. The summed E-state index contributed by atoms with van der Waals surface area (Å²) in [6.07, 6.45) is 1.46. The van der Waals surface area contributed by atoms with E-state index in [1.807, 2.05) is 25.1 Å². The number of amides is 1. The Morgan fingerprint density at radius 1 is 1.15 bits per heavy atom. The van der Waals surface area contributed by atoms with Crippen molar-refractivity contribution in [2.75, 3.05) is 27.3 Å². The van der Waals surface area contributed by atoms with E-state index >= 15 is 0 Å². The van der Waals surface area contributed by atoms with Crippen LogP contribution in [0.2, 0.25) is 0 Å². The van der Waals surface area contributed by atoms with Gasteiger partial charge >= 0.3 is 0 Å². The van der Waals surface area contributed by atoms with E-state index in [0.29, 0.717) is 25.3 Å². The number of hydrogen-bond acceptors (Lipinski definition) is 4. The zero-order valence-electron chi connectivity index (χ0n) is 12.5. The first-order chi connectivity index (χ1) is 9.71. The van der Waals surface area contributed by atoms with Gasteiger partial charge in [0.05, 0.1) is 14.2 Å². The molecule has 1 rings (SSSR count). The van der Waals surface area contributed by atoms with Crippen LogP contribution in [0.5, 0.6) is 11.5 Å². The topological polar surface area (TPSA) is 59.6 Å². The molecule has 1 aromatic rings.